The third-order valence-corrected chi connectivity index (χ3v) is 5.09. The van der Waals surface area contributed by atoms with Crippen LogP contribution in [0.4, 0.5) is 0 Å². The summed E-state index contributed by atoms with van der Waals surface area (Å²) in [6.07, 6.45) is 2.46. The molecule has 0 aromatic carbocycles. The first-order chi connectivity index (χ1) is 8.53. The molecule has 1 fully saturated rings. The molecular formula is C12H20N2O3S. The van der Waals surface area contributed by atoms with Gasteiger partial charge in [-0.3, -0.25) is 4.90 Å². The summed E-state index contributed by atoms with van der Waals surface area (Å²) in [6, 6.07) is 3.67. The maximum absolute atomic E-state index is 11.5. The van der Waals surface area contributed by atoms with Crippen molar-refractivity contribution in [3.05, 3.63) is 24.2 Å². The Hall–Kier alpha value is -0.850. The van der Waals surface area contributed by atoms with Crippen LogP contribution in [0.5, 0.6) is 0 Å². The van der Waals surface area contributed by atoms with Gasteiger partial charge in [-0.15, -0.1) is 0 Å². The van der Waals surface area contributed by atoms with E-state index >= 15 is 0 Å². The molecule has 2 N–H and O–H groups in total. The Labute approximate surface area is 108 Å². The zero-order valence-corrected chi connectivity index (χ0v) is 11.4. The SMILES string of the molecule is CCC(N)C(c1ccco1)N1CCS(=O)(=O)CC1. The number of rotatable bonds is 4. The summed E-state index contributed by atoms with van der Waals surface area (Å²) in [7, 11) is -2.86. The summed E-state index contributed by atoms with van der Waals surface area (Å²) >= 11 is 0. The highest BCUT2D eigenvalue weighted by molar-refractivity contribution is 7.91. The minimum absolute atomic E-state index is 0.0273. The van der Waals surface area contributed by atoms with Crippen LogP contribution in [-0.2, 0) is 9.84 Å². The summed E-state index contributed by atoms with van der Waals surface area (Å²) in [4.78, 5) is 2.12. The molecule has 1 aliphatic rings. The van der Waals surface area contributed by atoms with Crippen LogP contribution in [0.2, 0.25) is 0 Å². The molecule has 2 heterocycles. The van der Waals surface area contributed by atoms with E-state index in [1.807, 2.05) is 19.1 Å². The van der Waals surface area contributed by atoms with Crippen molar-refractivity contribution < 1.29 is 12.8 Å². The number of hydrogen-bond donors (Lipinski definition) is 1. The van der Waals surface area contributed by atoms with Gasteiger partial charge in [0.05, 0.1) is 23.8 Å². The Bertz CT molecular complexity index is 456. The van der Waals surface area contributed by atoms with Gasteiger partial charge >= 0.3 is 0 Å². The molecule has 1 saturated heterocycles. The van der Waals surface area contributed by atoms with Crippen molar-refractivity contribution in [1.82, 2.24) is 4.90 Å². The lowest BCUT2D eigenvalue weighted by Gasteiger charge is -2.36. The Morgan fingerprint density at radius 1 is 1.44 bits per heavy atom. The van der Waals surface area contributed by atoms with Crippen molar-refractivity contribution in [3.8, 4) is 0 Å². The van der Waals surface area contributed by atoms with Gasteiger partial charge in [0, 0.05) is 19.1 Å². The third-order valence-electron chi connectivity index (χ3n) is 3.48. The highest BCUT2D eigenvalue weighted by Crippen LogP contribution is 2.26. The van der Waals surface area contributed by atoms with Gasteiger partial charge in [-0.05, 0) is 18.6 Å². The molecule has 0 bridgehead atoms. The van der Waals surface area contributed by atoms with Crippen LogP contribution in [0.25, 0.3) is 0 Å². The third kappa shape index (κ3) is 2.93. The number of nitrogens with two attached hydrogens (primary N) is 1. The number of nitrogens with zero attached hydrogens (tertiary/aromatic N) is 1. The second-order valence-electron chi connectivity index (χ2n) is 4.72. The first kappa shape index (κ1) is 13.6. The predicted octanol–water partition coefficient (Wildman–Crippen LogP) is 0.788. The monoisotopic (exact) mass is 272 g/mol. The van der Waals surface area contributed by atoms with Gasteiger partial charge in [-0.25, -0.2) is 8.42 Å². The van der Waals surface area contributed by atoms with E-state index in [9.17, 15) is 8.42 Å². The van der Waals surface area contributed by atoms with Crippen molar-refractivity contribution in [3.63, 3.8) is 0 Å². The smallest absolute Gasteiger partial charge is 0.152 e. The highest BCUT2D eigenvalue weighted by atomic mass is 32.2. The van der Waals surface area contributed by atoms with E-state index in [1.165, 1.54) is 0 Å². The number of hydrogen-bond acceptors (Lipinski definition) is 5. The van der Waals surface area contributed by atoms with E-state index < -0.39 is 9.84 Å². The van der Waals surface area contributed by atoms with Gasteiger partial charge in [-0.1, -0.05) is 6.92 Å². The molecule has 6 heteroatoms. The van der Waals surface area contributed by atoms with E-state index in [4.69, 9.17) is 10.2 Å². The lowest BCUT2D eigenvalue weighted by molar-refractivity contribution is 0.160. The van der Waals surface area contributed by atoms with Gasteiger partial charge in [0.25, 0.3) is 0 Å². The molecule has 18 heavy (non-hydrogen) atoms. The molecule has 2 atom stereocenters. The van der Waals surface area contributed by atoms with Gasteiger partial charge in [0.15, 0.2) is 9.84 Å². The van der Waals surface area contributed by atoms with E-state index in [0.717, 1.165) is 12.2 Å². The van der Waals surface area contributed by atoms with Gasteiger partial charge < -0.3 is 10.2 Å². The van der Waals surface area contributed by atoms with Crippen molar-refractivity contribution in [2.24, 2.45) is 5.73 Å². The topological polar surface area (TPSA) is 76.5 Å². The van der Waals surface area contributed by atoms with Crippen LogP contribution in [0, 0.1) is 0 Å². The van der Waals surface area contributed by atoms with Crippen LogP contribution < -0.4 is 5.73 Å². The summed E-state index contributed by atoms with van der Waals surface area (Å²) in [5.41, 5.74) is 6.16. The van der Waals surface area contributed by atoms with E-state index in [-0.39, 0.29) is 23.6 Å². The van der Waals surface area contributed by atoms with Crippen LogP contribution in [0.15, 0.2) is 22.8 Å². The normalized spacial score (nSPS) is 23.7. The Kier molecular flexibility index (Phi) is 4.09. The summed E-state index contributed by atoms with van der Waals surface area (Å²) < 4.78 is 28.4. The van der Waals surface area contributed by atoms with Crippen molar-refractivity contribution in [2.75, 3.05) is 24.6 Å². The molecule has 1 aromatic heterocycles. The Balaban J connectivity index is 2.16. The maximum Gasteiger partial charge on any atom is 0.152 e. The van der Waals surface area contributed by atoms with E-state index in [2.05, 4.69) is 4.90 Å². The fraction of sp³-hybridized carbons (Fsp3) is 0.667. The van der Waals surface area contributed by atoms with Crippen molar-refractivity contribution in [2.45, 2.75) is 25.4 Å². The average Bonchev–Trinajstić information content (AvgIpc) is 2.85. The highest BCUT2D eigenvalue weighted by Gasteiger charge is 2.32. The first-order valence-corrected chi connectivity index (χ1v) is 8.09. The van der Waals surface area contributed by atoms with Gasteiger partial charge in [0.2, 0.25) is 0 Å². The van der Waals surface area contributed by atoms with Crippen LogP contribution in [-0.4, -0.2) is 44.0 Å². The fourth-order valence-electron chi connectivity index (χ4n) is 2.35. The van der Waals surface area contributed by atoms with Crippen LogP contribution in [0.1, 0.15) is 25.1 Å². The summed E-state index contributed by atoms with van der Waals surface area (Å²) in [6.45, 7) is 3.09. The van der Waals surface area contributed by atoms with Gasteiger partial charge in [0.1, 0.15) is 5.76 Å². The zero-order valence-electron chi connectivity index (χ0n) is 10.6. The lowest BCUT2D eigenvalue weighted by Crippen LogP contribution is -2.47. The minimum atomic E-state index is -2.86. The molecule has 2 unspecified atom stereocenters. The Morgan fingerprint density at radius 3 is 2.61 bits per heavy atom. The average molecular weight is 272 g/mol. The molecule has 0 spiro atoms. The molecule has 0 saturated carbocycles. The van der Waals surface area contributed by atoms with Crippen LogP contribution >= 0.6 is 0 Å². The molecule has 0 amide bonds. The van der Waals surface area contributed by atoms with E-state index in [0.29, 0.717) is 13.1 Å². The number of sulfone groups is 1. The standard InChI is InChI=1S/C12H20N2O3S/c1-2-10(13)12(11-4-3-7-17-11)14-5-8-18(15,16)9-6-14/h3-4,7,10,12H,2,5-6,8-9,13H2,1H3. The van der Waals surface area contributed by atoms with Crippen LogP contribution in [0.3, 0.4) is 0 Å². The quantitative estimate of drug-likeness (QED) is 0.877. The molecule has 5 nitrogen and oxygen atoms in total. The lowest BCUT2D eigenvalue weighted by atomic mass is 10.0. The van der Waals surface area contributed by atoms with Gasteiger partial charge in [-0.2, -0.15) is 0 Å². The fourth-order valence-corrected chi connectivity index (χ4v) is 3.58. The summed E-state index contributed by atoms with van der Waals surface area (Å²) in [5.74, 6) is 1.24. The second kappa shape index (κ2) is 5.42. The van der Waals surface area contributed by atoms with Crippen molar-refractivity contribution >= 4 is 9.84 Å². The second-order valence-corrected chi connectivity index (χ2v) is 7.02. The molecule has 2 rings (SSSR count). The minimum Gasteiger partial charge on any atom is -0.468 e. The predicted molar refractivity (Wildman–Crippen MR) is 69.9 cm³/mol. The molecular weight excluding hydrogens is 252 g/mol. The zero-order chi connectivity index (χ0) is 13.2. The molecule has 1 aromatic rings. The molecule has 0 radical (unpaired) electrons. The molecule has 102 valence electrons. The van der Waals surface area contributed by atoms with E-state index in [1.54, 1.807) is 6.26 Å². The molecule has 1 aliphatic heterocycles. The number of furan rings is 1. The molecule has 0 aliphatic carbocycles. The Morgan fingerprint density at radius 2 is 2.11 bits per heavy atom. The largest absolute Gasteiger partial charge is 0.468 e. The van der Waals surface area contributed by atoms with Crippen molar-refractivity contribution in [1.29, 1.82) is 0 Å². The first-order valence-electron chi connectivity index (χ1n) is 6.27. The summed E-state index contributed by atoms with van der Waals surface area (Å²) in [5, 5.41) is 0. The maximum atomic E-state index is 11.5.